The van der Waals surface area contributed by atoms with Crippen LogP contribution in [0.2, 0.25) is 5.02 Å². The Morgan fingerprint density at radius 3 is 2.61 bits per heavy atom. The predicted molar refractivity (Wildman–Crippen MR) is 136 cm³/mol. The highest BCUT2D eigenvalue weighted by Crippen LogP contribution is 2.60. The predicted octanol–water partition coefficient (Wildman–Crippen LogP) is 5.12. The number of nitrogen functional groups attached to an aromatic ring is 1. The first-order chi connectivity index (χ1) is 19.5. The topological polar surface area (TPSA) is 120 Å². The number of fused-ring (bicyclic) bond motifs is 3. The fraction of sp³-hybridized carbons (Fsp3) is 0.192. The molecular formula is C26H16ClF5N8O. The van der Waals surface area contributed by atoms with Crippen molar-refractivity contribution < 1.29 is 22.0 Å². The quantitative estimate of drug-likeness (QED) is 0.223. The molecule has 0 amide bonds. The average Bonchev–Trinajstić information content (AvgIpc) is 3.21. The van der Waals surface area contributed by atoms with Crippen molar-refractivity contribution in [3.63, 3.8) is 0 Å². The van der Waals surface area contributed by atoms with Crippen molar-refractivity contribution >= 4 is 17.3 Å². The van der Waals surface area contributed by atoms with E-state index in [4.69, 9.17) is 17.3 Å². The maximum Gasteiger partial charge on any atom is 0.421 e. The number of alkyl halides is 3. The fourth-order valence-electron chi connectivity index (χ4n) is 5.72. The summed E-state index contributed by atoms with van der Waals surface area (Å²) in [5, 5.41) is 11.7. The lowest BCUT2D eigenvalue weighted by Gasteiger charge is -2.17. The Morgan fingerprint density at radius 2 is 1.88 bits per heavy atom. The van der Waals surface area contributed by atoms with Crippen LogP contribution in [0.15, 0.2) is 53.6 Å². The summed E-state index contributed by atoms with van der Waals surface area (Å²) in [6.45, 7) is 0. The van der Waals surface area contributed by atoms with Crippen LogP contribution in [-0.2, 0) is 6.18 Å². The number of imidazole rings is 1. The van der Waals surface area contributed by atoms with Gasteiger partial charge in [0, 0.05) is 39.5 Å². The van der Waals surface area contributed by atoms with Gasteiger partial charge in [-0.25, -0.2) is 9.37 Å². The summed E-state index contributed by atoms with van der Waals surface area (Å²) in [4.78, 5) is 20.1. The third kappa shape index (κ3) is 3.92. The number of anilines is 1. The largest absolute Gasteiger partial charge is 0.421 e. The van der Waals surface area contributed by atoms with Crippen LogP contribution in [0.3, 0.4) is 0 Å². The van der Waals surface area contributed by atoms with Crippen molar-refractivity contribution in [2.24, 2.45) is 5.92 Å². The van der Waals surface area contributed by atoms with Crippen LogP contribution in [0.4, 0.5) is 27.6 Å². The molecule has 0 spiro atoms. The number of nitrogens with one attached hydrogen (secondary N) is 1. The molecule has 5 aromatic rings. The Kier molecular flexibility index (Phi) is 5.39. The molecule has 2 aliphatic rings. The van der Waals surface area contributed by atoms with Gasteiger partial charge < -0.3 is 15.3 Å². The molecule has 1 aliphatic carbocycles. The van der Waals surface area contributed by atoms with Crippen LogP contribution in [-0.4, -0.2) is 34.7 Å². The zero-order valence-electron chi connectivity index (χ0n) is 20.5. The molecule has 3 aromatic heterocycles. The number of hydrogen-bond acceptors (Lipinski definition) is 6. The normalized spacial score (nSPS) is 19.3. The number of tetrazole rings is 1. The van der Waals surface area contributed by atoms with Gasteiger partial charge in [0.15, 0.2) is 0 Å². The van der Waals surface area contributed by atoms with Crippen molar-refractivity contribution in [3.8, 4) is 28.1 Å². The maximum absolute atomic E-state index is 15.1. The first-order valence-corrected chi connectivity index (χ1v) is 12.6. The Labute approximate surface area is 231 Å². The number of benzene rings is 2. The van der Waals surface area contributed by atoms with Crippen LogP contribution in [0.1, 0.15) is 35.5 Å². The van der Waals surface area contributed by atoms with E-state index >= 15 is 4.39 Å². The molecule has 3 N–H and O–H groups in total. The average molecular weight is 587 g/mol. The lowest BCUT2D eigenvalue weighted by Crippen LogP contribution is -2.26. The SMILES string of the molecule is Nc1ccc(-c2nc(C3[C@@H]4CC4c4cc(-c5cc(Cl)ccc5-n5cnnn5)cc(=O)n43)[nH]c2F)c(F)c1C(F)(F)F. The molecule has 2 unspecified atom stereocenters. The molecule has 2 aromatic carbocycles. The van der Waals surface area contributed by atoms with Crippen LogP contribution in [0.25, 0.3) is 28.1 Å². The van der Waals surface area contributed by atoms with Gasteiger partial charge in [-0.2, -0.15) is 22.2 Å². The number of rotatable bonds is 4. The summed E-state index contributed by atoms with van der Waals surface area (Å²) < 4.78 is 73.1. The highest BCUT2D eigenvalue weighted by Gasteiger charge is 2.54. The van der Waals surface area contributed by atoms with Crippen molar-refractivity contribution in [2.45, 2.75) is 24.6 Å². The van der Waals surface area contributed by atoms with E-state index in [1.807, 2.05) is 6.07 Å². The number of pyridine rings is 1. The van der Waals surface area contributed by atoms with E-state index in [0.717, 1.165) is 12.1 Å². The molecule has 1 aliphatic heterocycles. The van der Waals surface area contributed by atoms with Gasteiger partial charge >= 0.3 is 6.18 Å². The molecule has 0 bridgehead atoms. The van der Waals surface area contributed by atoms with Gasteiger partial charge in [-0.1, -0.05) is 11.6 Å². The fourth-order valence-corrected chi connectivity index (χ4v) is 5.89. The van der Waals surface area contributed by atoms with E-state index in [1.54, 1.807) is 18.2 Å². The summed E-state index contributed by atoms with van der Waals surface area (Å²) in [7, 11) is 0. The van der Waals surface area contributed by atoms with E-state index in [0.29, 0.717) is 34.0 Å². The molecule has 0 saturated heterocycles. The molecule has 1 saturated carbocycles. The zero-order valence-corrected chi connectivity index (χ0v) is 21.3. The minimum atomic E-state index is -5.09. The van der Waals surface area contributed by atoms with Crippen molar-refractivity contribution in [1.29, 1.82) is 0 Å². The summed E-state index contributed by atoms with van der Waals surface area (Å²) in [6, 6.07) is 9.37. The molecule has 208 valence electrons. The van der Waals surface area contributed by atoms with E-state index in [2.05, 4.69) is 25.5 Å². The highest BCUT2D eigenvalue weighted by molar-refractivity contribution is 6.31. The standard InChI is InChI=1S/C26H16ClF5N8O/c27-11-1-4-17(39-9-34-37-38-39)13(7-11)10-5-18-14-8-15(14)23(40(18)19(41)6-10)25-35-22(24(29)36-25)12-2-3-16(33)20(21(12)28)26(30,31)32/h1-7,9,14-15,23H,8,33H2,(H,35,36)/t14?,15-,23?/m1/s1. The molecule has 4 heterocycles. The second-order valence-corrected chi connectivity index (χ2v) is 10.4. The summed E-state index contributed by atoms with van der Waals surface area (Å²) in [6.07, 6.45) is -3.01. The first-order valence-electron chi connectivity index (χ1n) is 12.2. The molecule has 7 rings (SSSR count). The zero-order chi connectivity index (χ0) is 28.8. The molecule has 3 atom stereocenters. The first kappa shape index (κ1) is 25.4. The number of hydrogen-bond donors (Lipinski definition) is 2. The van der Waals surface area contributed by atoms with Gasteiger partial charge in [-0.05, 0) is 64.7 Å². The number of nitrogens with two attached hydrogens (primary N) is 1. The minimum Gasteiger partial charge on any atom is -0.398 e. The number of aromatic nitrogens is 7. The van der Waals surface area contributed by atoms with E-state index in [-0.39, 0.29) is 17.7 Å². The molecule has 15 heteroatoms. The van der Waals surface area contributed by atoms with Gasteiger partial charge in [0.1, 0.15) is 29.2 Å². The highest BCUT2D eigenvalue weighted by atomic mass is 35.5. The molecular weight excluding hydrogens is 571 g/mol. The second-order valence-electron chi connectivity index (χ2n) is 9.92. The third-order valence-electron chi connectivity index (χ3n) is 7.54. The lowest BCUT2D eigenvalue weighted by molar-refractivity contribution is -0.139. The van der Waals surface area contributed by atoms with Crippen molar-refractivity contribution in [2.75, 3.05) is 5.73 Å². The van der Waals surface area contributed by atoms with Crippen LogP contribution < -0.4 is 11.3 Å². The molecule has 9 nitrogen and oxygen atoms in total. The van der Waals surface area contributed by atoms with Gasteiger partial charge in [0.25, 0.3) is 5.56 Å². The van der Waals surface area contributed by atoms with E-state index in [9.17, 15) is 22.4 Å². The lowest BCUT2D eigenvalue weighted by atomic mass is 10.0. The summed E-state index contributed by atoms with van der Waals surface area (Å²) >= 11 is 6.26. The Morgan fingerprint density at radius 1 is 1.07 bits per heavy atom. The Bertz CT molecular complexity index is 1920. The molecule has 41 heavy (non-hydrogen) atoms. The number of halogens is 6. The van der Waals surface area contributed by atoms with Gasteiger partial charge in [0.05, 0.1) is 11.7 Å². The summed E-state index contributed by atoms with van der Waals surface area (Å²) in [5.41, 5.74) is 3.53. The maximum atomic E-state index is 15.1. The Balaban J connectivity index is 1.32. The van der Waals surface area contributed by atoms with Crippen molar-refractivity contribution in [1.82, 2.24) is 34.7 Å². The van der Waals surface area contributed by atoms with Crippen LogP contribution in [0.5, 0.6) is 0 Å². The third-order valence-corrected chi connectivity index (χ3v) is 7.77. The second kappa shape index (κ2) is 8.70. The van der Waals surface area contributed by atoms with Gasteiger partial charge in [-0.3, -0.25) is 4.79 Å². The van der Waals surface area contributed by atoms with Crippen LogP contribution >= 0.6 is 11.6 Å². The monoisotopic (exact) mass is 586 g/mol. The smallest absolute Gasteiger partial charge is 0.398 e. The summed E-state index contributed by atoms with van der Waals surface area (Å²) in [5.74, 6) is -3.01. The Hall–Kier alpha value is -4.59. The van der Waals surface area contributed by atoms with Crippen molar-refractivity contribution in [3.05, 3.63) is 93.0 Å². The number of H-pyrrole nitrogens is 1. The number of nitrogens with zero attached hydrogens (tertiary/aromatic N) is 6. The minimum absolute atomic E-state index is 0.000480. The molecule has 0 radical (unpaired) electrons. The molecule has 1 fully saturated rings. The van der Waals surface area contributed by atoms with Gasteiger partial charge in [-0.15, -0.1) is 5.10 Å². The van der Waals surface area contributed by atoms with E-state index < -0.39 is 52.1 Å². The van der Waals surface area contributed by atoms with E-state index in [1.165, 1.54) is 21.6 Å². The number of aromatic amines is 1. The van der Waals surface area contributed by atoms with Gasteiger partial charge in [0.2, 0.25) is 5.95 Å². The van der Waals surface area contributed by atoms with Crippen LogP contribution in [0, 0.1) is 17.7 Å².